The summed E-state index contributed by atoms with van der Waals surface area (Å²) in [5.74, 6) is 2.11. The molecule has 3 nitrogen and oxygen atoms in total. The van der Waals surface area contributed by atoms with Crippen molar-refractivity contribution in [2.24, 2.45) is 0 Å². The number of hydrogen-bond donors (Lipinski definition) is 2. The van der Waals surface area contributed by atoms with Crippen molar-refractivity contribution in [3.05, 3.63) is 58.6 Å². The lowest BCUT2D eigenvalue weighted by molar-refractivity contribution is 0.102. The van der Waals surface area contributed by atoms with Crippen LogP contribution in [-0.4, -0.2) is 11.0 Å². The number of phenolic OH excluding ortho intramolecular Hbond substituents is 1. The van der Waals surface area contributed by atoms with Crippen LogP contribution in [0, 0.1) is 12.3 Å². The first-order chi connectivity index (χ1) is 9.10. The maximum absolute atomic E-state index is 12.0. The zero-order chi connectivity index (χ0) is 13.8. The number of anilines is 1. The minimum atomic E-state index is -0.323. The Morgan fingerprint density at radius 3 is 2.74 bits per heavy atom. The third-order valence-corrected chi connectivity index (χ3v) is 2.80. The zero-order valence-electron chi connectivity index (χ0n) is 9.85. The van der Waals surface area contributed by atoms with Crippen LogP contribution in [0.5, 0.6) is 5.75 Å². The van der Waals surface area contributed by atoms with Gasteiger partial charge < -0.3 is 10.4 Å². The van der Waals surface area contributed by atoms with Crippen LogP contribution in [0.25, 0.3) is 0 Å². The van der Waals surface area contributed by atoms with E-state index in [9.17, 15) is 9.90 Å². The number of phenols is 1. The molecule has 0 unspecified atom stereocenters. The molecule has 2 rings (SSSR count). The Hall–Kier alpha value is -2.44. The molecule has 0 atom stereocenters. The summed E-state index contributed by atoms with van der Waals surface area (Å²) in [5, 5.41) is 12.1. The van der Waals surface area contributed by atoms with Crippen LogP contribution in [0.1, 0.15) is 15.9 Å². The molecule has 0 aromatic heterocycles. The SMILES string of the molecule is C#Cc1cccc(NC(=O)c2ccc(O)c(Cl)c2)c1. The van der Waals surface area contributed by atoms with E-state index >= 15 is 0 Å². The van der Waals surface area contributed by atoms with Crippen molar-refractivity contribution in [3.63, 3.8) is 0 Å². The largest absolute Gasteiger partial charge is 0.506 e. The summed E-state index contributed by atoms with van der Waals surface area (Å²) in [6.45, 7) is 0. The highest BCUT2D eigenvalue weighted by atomic mass is 35.5. The normalized spacial score (nSPS) is 9.68. The number of benzene rings is 2. The molecule has 94 valence electrons. The van der Waals surface area contributed by atoms with Gasteiger partial charge in [0.25, 0.3) is 5.91 Å². The molecule has 0 saturated heterocycles. The number of carbonyl (C=O) groups excluding carboxylic acids is 1. The van der Waals surface area contributed by atoms with Gasteiger partial charge in [0, 0.05) is 16.8 Å². The minimum absolute atomic E-state index is 0.0625. The lowest BCUT2D eigenvalue weighted by atomic mass is 10.1. The van der Waals surface area contributed by atoms with E-state index in [-0.39, 0.29) is 16.7 Å². The van der Waals surface area contributed by atoms with Crippen molar-refractivity contribution in [2.75, 3.05) is 5.32 Å². The van der Waals surface area contributed by atoms with E-state index in [0.717, 1.165) is 0 Å². The molecule has 2 aromatic rings. The molecule has 0 radical (unpaired) electrons. The van der Waals surface area contributed by atoms with Crippen molar-refractivity contribution < 1.29 is 9.90 Å². The molecule has 4 heteroatoms. The highest BCUT2D eigenvalue weighted by molar-refractivity contribution is 6.32. The van der Waals surface area contributed by atoms with Crippen LogP contribution < -0.4 is 5.32 Å². The van der Waals surface area contributed by atoms with Crippen molar-refractivity contribution in [2.45, 2.75) is 0 Å². The van der Waals surface area contributed by atoms with Gasteiger partial charge in [-0.05, 0) is 36.4 Å². The lowest BCUT2D eigenvalue weighted by Crippen LogP contribution is -2.11. The molecule has 1 amide bonds. The first-order valence-electron chi connectivity index (χ1n) is 5.46. The summed E-state index contributed by atoms with van der Waals surface area (Å²) in [7, 11) is 0. The summed E-state index contributed by atoms with van der Waals surface area (Å²) in [6.07, 6.45) is 5.29. The predicted octanol–water partition coefficient (Wildman–Crippen LogP) is 3.28. The topological polar surface area (TPSA) is 49.3 Å². The number of nitrogens with one attached hydrogen (secondary N) is 1. The van der Waals surface area contributed by atoms with Gasteiger partial charge in [-0.25, -0.2) is 0 Å². The van der Waals surface area contributed by atoms with Crippen LogP contribution in [0.15, 0.2) is 42.5 Å². The van der Waals surface area contributed by atoms with Crippen molar-refractivity contribution in [3.8, 4) is 18.1 Å². The highest BCUT2D eigenvalue weighted by Crippen LogP contribution is 2.24. The van der Waals surface area contributed by atoms with Gasteiger partial charge in [-0.3, -0.25) is 4.79 Å². The molecular formula is C15H10ClNO2. The average Bonchev–Trinajstić information content (AvgIpc) is 2.42. The van der Waals surface area contributed by atoms with E-state index in [4.69, 9.17) is 18.0 Å². The Morgan fingerprint density at radius 2 is 2.05 bits per heavy atom. The monoisotopic (exact) mass is 271 g/mol. The summed E-state index contributed by atoms with van der Waals surface area (Å²) in [4.78, 5) is 12.0. The highest BCUT2D eigenvalue weighted by Gasteiger charge is 2.08. The van der Waals surface area contributed by atoms with Gasteiger partial charge in [-0.2, -0.15) is 0 Å². The summed E-state index contributed by atoms with van der Waals surface area (Å²) in [5.41, 5.74) is 1.64. The summed E-state index contributed by atoms with van der Waals surface area (Å²) >= 11 is 5.75. The number of rotatable bonds is 2. The van der Waals surface area contributed by atoms with Crippen LogP contribution in [0.4, 0.5) is 5.69 Å². The van der Waals surface area contributed by atoms with Gasteiger partial charge in [0.1, 0.15) is 5.75 Å². The second kappa shape index (κ2) is 5.47. The van der Waals surface area contributed by atoms with E-state index in [0.29, 0.717) is 16.8 Å². The van der Waals surface area contributed by atoms with Crippen molar-refractivity contribution >= 4 is 23.2 Å². The number of carbonyl (C=O) groups is 1. The number of halogens is 1. The Balaban J connectivity index is 2.21. The van der Waals surface area contributed by atoms with Crippen LogP contribution in [0.3, 0.4) is 0 Å². The second-order valence-corrected chi connectivity index (χ2v) is 4.25. The molecule has 0 aliphatic heterocycles. The predicted molar refractivity (Wildman–Crippen MR) is 75.4 cm³/mol. The Kier molecular flexibility index (Phi) is 3.74. The van der Waals surface area contributed by atoms with Crippen LogP contribution in [-0.2, 0) is 0 Å². The molecule has 0 aliphatic carbocycles. The third-order valence-electron chi connectivity index (χ3n) is 2.50. The minimum Gasteiger partial charge on any atom is -0.506 e. The zero-order valence-corrected chi connectivity index (χ0v) is 10.6. The molecule has 0 aliphatic rings. The molecular weight excluding hydrogens is 262 g/mol. The van der Waals surface area contributed by atoms with Gasteiger partial charge in [-0.15, -0.1) is 6.42 Å². The average molecular weight is 272 g/mol. The van der Waals surface area contributed by atoms with E-state index in [1.54, 1.807) is 24.3 Å². The van der Waals surface area contributed by atoms with Gasteiger partial charge >= 0.3 is 0 Å². The van der Waals surface area contributed by atoms with Gasteiger partial charge in [-0.1, -0.05) is 23.6 Å². The van der Waals surface area contributed by atoms with Crippen molar-refractivity contribution in [1.29, 1.82) is 0 Å². The van der Waals surface area contributed by atoms with E-state index in [1.165, 1.54) is 18.2 Å². The van der Waals surface area contributed by atoms with Gasteiger partial charge in [0.2, 0.25) is 0 Å². The number of hydrogen-bond acceptors (Lipinski definition) is 2. The molecule has 0 heterocycles. The summed E-state index contributed by atoms with van der Waals surface area (Å²) in [6, 6.07) is 11.2. The molecule has 2 N–H and O–H groups in total. The maximum atomic E-state index is 12.0. The summed E-state index contributed by atoms with van der Waals surface area (Å²) < 4.78 is 0. The van der Waals surface area contributed by atoms with Crippen molar-refractivity contribution in [1.82, 2.24) is 0 Å². The van der Waals surface area contributed by atoms with Crippen LogP contribution in [0.2, 0.25) is 5.02 Å². The van der Waals surface area contributed by atoms with E-state index in [1.807, 2.05) is 0 Å². The molecule has 0 fully saturated rings. The van der Waals surface area contributed by atoms with Crippen LogP contribution >= 0.6 is 11.6 Å². The molecule has 19 heavy (non-hydrogen) atoms. The fourth-order valence-corrected chi connectivity index (χ4v) is 1.72. The molecule has 0 spiro atoms. The first kappa shape index (κ1) is 13.0. The Morgan fingerprint density at radius 1 is 1.26 bits per heavy atom. The third kappa shape index (κ3) is 3.06. The van der Waals surface area contributed by atoms with Gasteiger partial charge in [0.05, 0.1) is 5.02 Å². The molecule has 0 bridgehead atoms. The first-order valence-corrected chi connectivity index (χ1v) is 5.84. The lowest BCUT2D eigenvalue weighted by Gasteiger charge is -2.06. The quantitative estimate of drug-likeness (QED) is 0.824. The van der Waals surface area contributed by atoms with E-state index in [2.05, 4.69) is 11.2 Å². The number of amides is 1. The molecule has 2 aromatic carbocycles. The molecule has 0 saturated carbocycles. The number of aromatic hydroxyl groups is 1. The van der Waals surface area contributed by atoms with E-state index < -0.39 is 0 Å². The number of terminal acetylenes is 1. The van der Waals surface area contributed by atoms with Gasteiger partial charge in [0.15, 0.2) is 0 Å². The maximum Gasteiger partial charge on any atom is 0.255 e. The Labute approximate surface area is 115 Å². The second-order valence-electron chi connectivity index (χ2n) is 3.85. The Bertz CT molecular complexity index is 674. The standard InChI is InChI=1S/C15H10ClNO2/c1-2-10-4-3-5-12(8-10)17-15(19)11-6-7-14(18)13(16)9-11/h1,3-9,18H,(H,17,19). The fraction of sp³-hybridized carbons (Fsp3) is 0. The smallest absolute Gasteiger partial charge is 0.255 e. The fourth-order valence-electron chi connectivity index (χ4n) is 1.54.